The maximum Gasteiger partial charge on any atom is 0.249 e. The van der Waals surface area contributed by atoms with E-state index < -0.39 is 74.2 Å². The molecule has 1 saturated heterocycles. The van der Waals surface area contributed by atoms with Crippen molar-refractivity contribution in [3.63, 3.8) is 0 Å². The highest BCUT2D eigenvalue weighted by atomic mass is 16.7. The number of ether oxygens (including phenoxy) is 2. The molecule has 0 spiro atoms. The quantitative estimate of drug-likeness (QED) is 0.0516. The Bertz CT molecular complexity index is 745. The number of hydrogen-bond donors (Lipinski definition) is 8. The number of aliphatic hydroxyl groups excluding tert-OH is 7. The Balaban J connectivity index is 2.30. The summed E-state index contributed by atoms with van der Waals surface area (Å²) < 4.78 is 10.9. The first-order valence-corrected chi connectivity index (χ1v) is 18.9. The van der Waals surface area contributed by atoms with Gasteiger partial charge < -0.3 is 50.5 Å². The van der Waals surface area contributed by atoms with E-state index in [1.54, 1.807) is 0 Å². The molecular weight excluding hydrogens is 606 g/mol. The van der Waals surface area contributed by atoms with Crippen LogP contribution in [0.5, 0.6) is 0 Å². The number of nitrogens with one attached hydrogen (secondary N) is 1. The molecule has 1 rings (SSSR count). The van der Waals surface area contributed by atoms with Crippen molar-refractivity contribution in [3.05, 3.63) is 0 Å². The van der Waals surface area contributed by atoms with Gasteiger partial charge in [-0.15, -0.1) is 0 Å². The van der Waals surface area contributed by atoms with E-state index in [1.807, 2.05) is 6.92 Å². The summed E-state index contributed by atoms with van der Waals surface area (Å²) in [6.07, 6.45) is 13.1. The van der Waals surface area contributed by atoms with Crippen LogP contribution in [0.4, 0.5) is 0 Å². The number of rotatable bonds is 30. The zero-order valence-corrected chi connectivity index (χ0v) is 29.5. The van der Waals surface area contributed by atoms with Crippen molar-refractivity contribution >= 4 is 5.91 Å². The van der Waals surface area contributed by atoms with Gasteiger partial charge in [-0.05, 0) is 12.8 Å². The van der Waals surface area contributed by atoms with Crippen LogP contribution in [0.3, 0.4) is 0 Å². The smallest absolute Gasteiger partial charge is 0.249 e. The standard InChI is InChI=1S/C36H71NO10/c1-3-5-7-8-9-10-11-12-13-14-15-16-17-18-19-20-21-22-24-29(40)35(45)37-27(31(41)28(39)23-6-4-2)26-46-36-34(44)33(43)32(42)30(25-38)47-36/h27-34,36,38-44H,3-26H2,1-2H3,(H,37,45). The second-order valence-electron chi connectivity index (χ2n) is 13.7. The molecule has 1 aliphatic heterocycles. The maximum atomic E-state index is 12.8. The highest BCUT2D eigenvalue weighted by Gasteiger charge is 2.44. The number of aliphatic hydroxyl groups is 7. The fourth-order valence-corrected chi connectivity index (χ4v) is 6.13. The lowest BCUT2D eigenvalue weighted by Gasteiger charge is -2.40. The van der Waals surface area contributed by atoms with Crippen molar-refractivity contribution < 1.29 is 50.0 Å². The molecule has 0 radical (unpaired) electrons. The highest BCUT2D eigenvalue weighted by molar-refractivity contribution is 5.80. The first-order chi connectivity index (χ1) is 22.7. The van der Waals surface area contributed by atoms with E-state index >= 15 is 0 Å². The van der Waals surface area contributed by atoms with Crippen LogP contribution in [-0.2, 0) is 14.3 Å². The normalized spacial score (nSPS) is 24.1. The summed E-state index contributed by atoms with van der Waals surface area (Å²) in [5.74, 6) is -0.707. The molecule has 9 atom stereocenters. The second-order valence-corrected chi connectivity index (χ2v) is 13.7. The van der Waals surface area contributed by atoms with Crippen molar-refractivity contribution in [1.29, 1.82) is 0 Å². The molecule has 9 unspecified atom stereocenters. The van der Waals surface area contributed by atoms with Gasteiger partial charge in [-0.3, -0.25) is 4.79 Å². The number of carbonyl (C=O) groups excluding carboxylic acids is 1. The molecule has 11 nitrogen and oxygen atoms in total. The van der Waals surface area contributed by atoms with Gasteiger partial charge >= 0.3 is 0 Å². The van der Waals surface area contributed by atoms with Gasteiger partial charge in [0.25, 0.3) is 0 Å². The topological polar surface area (TPSA) is 189 Å². The summed E-state index contributed by atoms with van der Waals surface area (Å²) in [6.45, 7) is 3.14. The van der Waals surface area contributed by atoms with Crippen LogP contribution in [0, 0.1) is 0 Å². The molecule has 0 aromatic rings. The van der Waals surface area contributed by atoms with Gasteiger partial charge in [0.15, 0.2) is 6.29 Å². The summed E-state index contributed by atoms with van der Waals surface area (Å²) in [7, 11) is 0. The molecule has 0 aromatic carbocycles. The Morgan fingerprint density at radius 3 is 1.60 bits per heavy atom. The summed E-state index contributed by atoms with van der Waals surface area (Å²) >= 11 is 0. The Labute approximate surface area is 284 Å². The number of carbonyl (C=O) groups is 1. The zero-order chi connectivity index (χ0) is 34.9. The predicted molar refractivity (Wildman–Crippen MR) is 183 cm³/mol. The Morgan fingerprint density at radius 1 is 0.660 bits per heavy atom. The third kappa shape index (κ3) is 19.2. The third-order valence-corrected chi connectivity index (χ3v) is 9.41. The van der Waals surface area contributed by atoms with Crippen LogP contribution in [0.1, 0.15) is 155 Å². The van der Waals surface area contributed by atoms with Gasteiger partial charge in [0, 0.05) is 0 Å². The minimum Gasteiger partial charge on any atom is -0.394 e. The molecule has 1 fully saturated rings. The van der Waals surface area contributed by atoms with Gasteiger partial charge in [0.2, 0.25) is 5.91 Å². The third-order valence-electron chi connectivity index (χ3n) is 9.41. The molecule has 11 heteroatoms. The van der Waals surface area contributed by atoms with Crippen molar-refractivity contribution in [2.24, 2.45) is 0 Å². The van der Waals surface area contributed by atoms with E-state index in [-0.39, 0.29) is 12.8 Å². The molecule has 1 amide bonds. The van der Waals surface area contributed by atoms with Gasteiger partial charge in [-0.2, -0.15) is 0 Å². The SMILES string of the molecule is CCCCCCCCCCCCCCCCCCCCC(O)C(=O)NC(COC1OC(CO)C(O)C(O)C1O)C(O)C(O)CCCC. The minimum atomic E-state index is -1.65. The zero-order valence-electron chi connectivity index (χ0n) is 29.5. The van der Waals surface area contributed by atoms with E-state index in [4.69, 9.17) is 9.47 Å². The first-order valence-electron chi connectivity index (χ1n) is 18.9. The van der Waals surface area contributed by atoms with Crippen LogP contribution in [0.15, 0.2) is 0 Å². The van der Waals surface area contributed by atoms with E-state index in [2.05, 4.69) is 12.2 Å². The molecule has 0 bridgehead atoms. The molecule has 0 saturated carbocycles. The van der Waals surface area contributed by atoms with Gasteiger partial charge in [-0.1, -0.05) is 142 Å². The van der Waals surface area contributed by atoms with E-state index in [9.17, 15) is 40.5 Å². The molecular formula is C36H71NO10. The molecule has 1 heterocycles. The Hall–Kier alpha value is -0.890. The van der Waals surface area contributed by atoms with E-state index in [0.29, 0.717) is 12.8 Å². The molecule has 47 heavy (non-hydrogen) atoms. The molecule has 8 N–H and O–H groups in total. The minimum absolute atomic E-state index is 0.263. The van der Waals surface area contributed by atoms with E-state index in [1.165, 1.54) is 89.9 Å². The molecule has 280 valence electrons. The van der Waals surface area contributed by atoms with Crippen LogP contribution in [-0.4, -0.2) is 110 Å². The predicted octanol–water partition coefficient (Wildman–Crippen LogP) is 3.99. The lowest BCUT2D eigenvalue weighted by atomic mass is 9.99. The van der Waals surface area contributed by atoms with Crippen LogP contribution in [0.2, 0.25) is 0 Å². The fourth-order valence-electron chi connectivity index (χ4n) is 6.13. The second kappa shape index (κ2) is 27.9. The summed E-state index contributed by atoms with van der Waals surface area (Å²) in [4.78, 5) is 12.8. The lowest BCUT2D eigenvalue weighted by Crippen LogP contribution is -2.60. The molecule has 1 aliphatic rings. The summed E-state index contributed by atoms with van der Waals surface area (Å²) in [6, 6.07) is -1.16. The lowest BCUT2D eigenvalue weighted by molar-refractivity contribution is -0.303. The van der Waals surface area contributed by atoms with Gasteiger partial charge in [0.1, 0.15) is 36.6 Å². The summed E-state index contributed by atoms with van der Waals surface area (Å²) in [5, 5.41) is 74.0. The van der Waals surface area contributed by atoms with Crippen molar-refractivity contribution in [3.8, 4) is 0 Å². The average molecular weight is 678 g/mol. The van der Waals surface area contributed by atoms with Crippen LogP contribution >= 0.6 is 0 Å². The molecule has 0 aromatic heterocycles. The van der Waals surface area contributed by atoms with Crippen LogP contribution in [0.25, 0.3) is 0 Å². The largest absolute Gasteiger partial charge is 0.394 e. The maximum absolute atomic E-state index is 12.8. The number of amides is 1. The first kappa shape index (κ1) is 44.1. The average Bonchev–Trinajstić information content (AvgIpc) is 3.07. The van der Waals surface area contributed by atoms with Gasteiger partial charge in [0.05, 0.1) is 25.4 Å². The van der Waals surface area contributed by atoms with E-state index in [0.717, 1.165) is 25.7 Å². The fraction of sp³-hybridized carbons (Fsp3) is 0.972. The Morgan fingerprint density at radius 2 is 1.13 bits per heavy atom. The molecule has 0 aliphatic carbocycles. The van der Waals surface area contributed by atoms with Crippen molar-refractivity contribution in [1.82, 2.24) is 5.32 Å². The van der Waals surface area contributed by atoms with Gasteiger partial charge in [-0.25, -0.2) is 0 Å². The Kier molecular flexibility index (Phi) is 26.2. The van der Waals surface area contributed by atoms with Crippen molar-refractivity contribution in [2.75, 3.05) is 13.2 Å². The van der Waals surface area contributed by atoms with Crippen molar-refractivity contribution in [2.45, 2.75) is 210 Å². The monoisotopic (exact) mass is 678 g/mol. The number of hydrogen-bond acceptors (Lipinski definition) is 10. The van der Waals surface area contributed by atoms with Crippen LogP contribution < -0.4 is 5.32 Å². The number of unbranched alkanes of at least 4 members (excludes halogenated alkanes) is 18. The highest BCUT2D eigenvalue weighted by Crippen LogP contribution is 2.23. The summed E-state index contributed by atoms with van der Waals surface area (Å²) in [5.41, 5.74) is 0.